The fourth-order valence-electron chi connectivity index (χ4n) is 3.11. The lowest BCUT2D eigenvalue weighted by atomic mass is 9.96. The predicted molar refractivity (Wildman–Crippen MR) is 108 cm³/mol. The number of phenolic OH excluding ortho intramolecular Hbond substituents is 1. The van der Waals surface area contributed by atoms with Crippen LogP contribution >= 0.6 is 0 Å². The molecule has 0 aliphatic heterocycles. The number of rotatable bonds is 6. The smallest absolute Gasteiger partial charge is 0.434 e. The zero-order valence-electron chi connectivity index (χ0n) is 16.9. The van der Waals surface area contributed by atoms with E-state index in [0.29, 0.717) is 18.1 Å². The van der Waals surface area contributed by atoms with Crippen molar-refractivity contribution in [2.75, 3.05) is 26.6 Å². The predicted octanol–water partition coefficient (Wildman–Crippen LogP) is 4.53. The number of ether oxygens (including phenoxy) is 3. The number of halogens is 3. The second-order valence-corrected chi connectivity index (χ2v) is 6.33. The minimum Gasteiger partial charge on any atom is -0.507 e. The Labute approximate surface area is 176 Å². The third-order valence-electron chi connectivity index (χ3n) is 4.40. The van der Waals surface area contributed by atoms with Crippen LogP contribution in [0.5, 0.6) is 23.0 Å². The summed E-state index contributed by atoms with van der Waals surface area (Å²) >= 11 is 0. The highest BCUT2D eigenvalue weighted by molar-refractivity contribution is 5.86. The summed E-state index contributed by atoms with van der Waals surface area (Å²) in [6.07, 6.45) is -4.84. The van der Waals surface area contributed by atoms with E-state index in [2.05, 4.69) is 9.97 Å². The Hall–Kier alpha value is -3.69. The van der Waals surface area contributed by atoms with Crippen molar-refractivity contribution in [1.82, 2.24) is 9.97 Å². The molecule has 3 rings (SSSR count). The van der Waals surface area contributed by atoms with E-state index in [1.807, 2.05) is 0 Å². The van der Waals surface area contributed by atoms with Gasteiger partial charge in [-0.3, -0.25) is 0 Å². The number of benzene rings is 2. The molecule has 0 saturated carbocycles. The van der Waals surface area contributed by atoms with Crippen LogP contribution in [0.2, 0.25) is 0 Å². The quantitative estimate of drug-likeness (QED) is 0.587. The topological polar surface area (TPSA) is 99.7 Å². The number of aromatic hydroxyl groups is 1. The lowest BCUT2D eigenvalue weighted by molar-refractivity contribution is -0.140. The summed E-state index contributed by atoms with van der Waals surface area (Å²) < 4.78 is 57.5. The number of methoxy groups -OCH3 is 2. The molecule has 10 heteroatoms. The van der Waals surface area contributed by atoms with Gasteiger partial charge in [-0.2, -0.15) is 13.2 Å². The van der Waals surface area contributed by atoms with Crippen LogP contribution in [0.25, 0.3) is 22.4 Å². The maximum Gasteiger partial charge on any atom is 0.434 e. The Morgan fingerprint density at radius 3 is 2.29 bits per heavy atom. The summed E-state index contributed by atoms with van der Waals surface area (Å²) in [4.78, 5) is 7.47. The number of hydrogen-bond donors (Lipinski definition) is 2. The maximum absolute atomic E-state index is 13.9. The van der Waals surface area contributed by atoms with Gasteiger partial charge < -0.3 is 25.1 Å². The van der Waals surface area contributed by atoms with Crippen molar-refractivity contribution in [3.05, 3.63) is 42.1 Å². The fraction of sp³-hybridized carbons (Fsp3) is 0.238. The van der Waals surface area contributed by atoms with E-state index in [0.717, 1.165) is 0 Å². The molecule has 2 aromatic carbocycles. The standard InChI is InChI=1S/C21H20F3N3O4/c1-4-31-12-6-7-13(14(28)10-12)18-17(19(21(22,23)24)27-20(25)26-18)11-5-8-15(29-2)16(9-11)30-3/h5-10,28H,4H2,1-3H3,(H2,25,26,27). The van der Waals surface area contributed by atoms with Crippen LogP contribution in [0.3, 0.4) is 0 Å². The van der Waals surface area contributed by atoms with Gasteiger partial charge in [-0.05, 0) is 36.8 Å². The molecule has 0 bridgehead atoms. The molecule has 164 valence electrons. The van der Waals surface area contributed by atoms with Crippen LogP contribution in [0.1, 0.15) is 12.6 Å². The van der Waals surface area contributed by atoms with Gasteiger partial charge in [-0.25, -0.2) is 9.97 Å². The lowest BCUT2D eigenvalue weighted by Crippen LogP contribution is -2.14. The Kier molecular flexibility index (Phi) is 6.09. The molecule has 0 unspecified atom stereocenters. The van der Waals surface area contributed by atoms with Crippen LogP contribution in [-0.2, 0) is 6.18 Å². The molecule has 3 aromatic rings. The van der Waals surface area contributed by atoms with Gasteiger partial charge in [0.05, 0.1) is 26.5 Å². The highest BCUT2D eigenvalue weighted by Gasteiger charge is 2.38. The maximum atomic E-state index is 13.9. The summed E-state index contributed by atoms with van der Waals surface area (Å²) in [5.41, 5.74) is 3.95. The summed E-state index contributed by atoms with van der Waals surface area (Å²) in [6.45, 7) is 2.12. The summed E-state index contributed by atoms with van der Waals surface area (Å²) in [7, 11) is 2.78. The normalized spacial score (nSPS) is 11.3. The highest BCUT2D eigenvalue weighted by Crippen LogP contribution is 2.45. The number of aromatic nitrogens is 2. The van der Waals surface area contributed by atoms with Crippen LogP contribution in [0.15, 0.2) is 36.4 Å². The Balaban J connectivity index is 2.34. The first-order chi connectivity index (χ1) is 14.7. The molecular formula is C21H20F3N3O4. The molecule has 7 nitrogen and oxygen atoms in total. The fourth-order valence-corrected chi connectivity index (χ4v) is 3.11. The first kappa shape index (κ1) is 22.0. The average Bonchev–Trinajstić information content (AvgIpc) is 2.72. The number of anilines is 1. The third kappa shape index (κ3) is 4.42. The van der Waals surface area contributed by atoms with E-state index < -0.39 is 17.8 Å². The Morgan fingerprint density at radius 1 is 1.00 bits per heavy atom. The second kappa shape index (κ2) is 8.58. The molecule has 1 aromatic heterocycles. The Morgan fingerprint density at radius 2 is 1.71 bits per heavy atom. The summed E-state index contributed by atoms with van der Waals surface area (Å²) in [5, 5.41) is 10.5. The first-order valence-corrected chi connectivity index (χ1v) is 9.12. The number of nitrogens with zero attached hydrogens (tertiary/aromatic N) is 2. The molecule has 0 fully saturated rings. The molecule has 0 aliphatic carbocycles. The van der Waals surface area contributed by atoms with Gasteiger partial charge in [0.25, 0.3) is 0 Å². The minimum absolute atomic E-state index is 0.0350. The SMILES string of the molecule is CCOc1ccc(-c2nc(N)nc(C(F)(F)F)c2-c2ccc(OC)c(OC)c2)c(O)c1. The highest BCUT2D eigenvalue weighted by atomic mass is 19.4. The monoisotopic (exact) mass is 435 g/mol. The summed E-state index contributed by atoms with van der Waals surface area (Å²) in [5.74, 6) is 0.00155. The van der Waals surface area contributed by atoms with E-state index >= 15 is 0 Å². The number of nitrogen functional groups attached to an aromatic ring is 1. The Bertz CT molecular complexity index is 1100. The molecule has 0 radical (unpaired) electrons. The molecule has 0 amide bonds. The van der Waals surface area contributed by atoms with Crippen molar-refractivity contribution in [3.63, 3.8) is 0 Å². The van der Waals surface area contributed by atoms with Gasteiger partial charge in [0, 0.05) is 17.2 Å². The summed E-state index contributed by atoms with van der Waals surface area (Å²) in [6, 6.07) is 8.48. The second-order valence-electron chi connectivity index (χ2n) is 6.33. The zero-order valence-corrected chi connectivity index (χ0v) is 16.9. The molecular weight excluding hydrogens is 415 g/mol. The van der Waals surface area contributed by atoms with Crippen LogP contribution in [0, 0.1) is 0 Å². The first-order valence-electron chi connectivity index (χ1n) is 9.12. The third-order valence-corrected chi connectivity index (χ3v) is 4.40. The van der Waals surface area contributed by atoms with E-state index in [4.69, 9.17) is 19.9 Å². The van der Waals surface area contributed by atoms with Gasteiger partial charge in [-0.15, -0.1) is 0 Å². The molecule has 3 N–H and O–H groups in total. The molecule has 0 saturated heterocycles. The number of hydrogen-bond acceptors (Lipinski definition) is 7. The molecule has 0 aliphatic rings. The van der Waals surface area contributed by atoms with Gasteiger partial charge in [-0.1, -0.05) is 6.07 Å². The number of nitrogens with two attached hydrogens (primary N) is 1. The van der Waals surface area contributed by atoms with Gasteiger partial charge in [0.2, 0.25) is 5.95 Å². The van der Waals surface area contributed by atoms with Crippen molar-refractivity contribution >= 4 is 5.95 Å². The molecule has 31 heavy (non-hydrogen) atoms. The molecule has 1 heterocycles. The largest absolute Gasteiger partial charge is 0.507 e. The van der Waals surface area contributed by atoms with Crippen LogP contribution in [0.4, 0.5) is 19.1 Å². The number of alkyl halides is 3. The molecule has 0 atom stereocenters. The van der Waals surface area contributed by atoms with E-state index in [1.54, 1.807) is 6.92 Å². The van der Waals surface area contributed by atoms with E-state index in [9.17, 15) is 18.3 Å². The van der Waals surface area contributed by atoms with Crippen molar-refractivity contribution in [2.45, 2.75) is 13.1 Å². The van der Waals surface area contributed by atoms with Crippen molar-refractivity contribution in [3.8, 4) is 45.4 Å². The van der Waals surface area contributed by atoms with Crippen molar-refractivity contribution < 1.29 is 32.5 Å². The molecule has 0 spiro atoms. The van der Waals surface area contributed by atoms with E-state index in [1.165, 1.54) is 50.6 Å². The van der Waals surface area contributed by atoms with E-state index in [-0.39, 0.29) is 33.9 Å². The minimum atomic E-state index is -4.84. The van der Waals surface area contributed by atoms with Gasteiger partial charge in [0.1, 0.15) is 11.5 Å². The lowest BCUT2D eigenvalue weighted by Gasteiger charge is -2.18. The number of phenols is 1. The van der Waals surface area contributed by atoms with Crippen molar-refractivity contribution in [2.24, 2.45) is 0 Å². The average molecular weight is 435 g/mol. The van der Waals surface area contributed by atoms with Gasteiger partial charge in [0.15, 0.2) is 17.2 Å². The van der Waals surface area contributed by atoms with Crippen LogP contribution in [-0.4, -0.2) is 35.9 Å². The zero-order chi connectivity index (χ0) is 22.8. The van der Waals surface area contributed by atoms with Crippen molar-refractivity contribution in [1.29, 1.82) is 0 Å². The van der Waals surface area contributed by atoms with Crippen LogP contribution < -0.4 is 19.9 Å². The van der Waals surface area contributed by atoms with Gasteiger partial charge >= 0.3 is 6.18 Å².